The third-order valence-electron chi connectivity index (χ3n) is 2.75. The molecule has 1 saturated heterocycles. The lowest BCUT2D eigenvalue weighted by atomic mass is 10.2. The molecule has 0 aliphatic carbocycles. The number of ether oxygens (including phenoxy) is 1. The van der Waals surface area contributed by atoms with E-state index in [4.69, 9.17) is 27.2 Å². The third-order valence-corrected chi connectivity index (χ3v) is 2.75. The van der Waals surface area contributed by atoms with Crippen molar-refractivity contribution in [1.82, 2.24) is 9.97 Å². The average Bonchev–Trinajstić information content (AvgIpc) is 2.73. The van der Waals surface area contributed by atoms with Crippen LogP contribution in [-0.2, 0) is 4.74 Å². The van der Waals surface area contributed by atoms with Gasteiger partial charge in [-0.05, 0) is 0 Å². The van der Waals surface area contributed by atoms with Gasteiger partial charge >= 0.3 is 0 Å². The van der Waals surface area contributed by atoms with Crippen molar-refractivity contribution in [2.75, 3.05) is 23.1 Å². The molecule has 1 fully saturated rings. The summed E-state index contributed by atoms with van der Waals surface area (Å²) in [5, 5.41) is 9.90. The maximum atomic E-state index is 13.7. The van der Waals surface area contributed by atoms with Crippen molar-refractivity contribution < 1.29 is 14.2 Å². The Balaban J connectivity index is 2.21. The molecular formula is C9H15FN6O2. The smallest absolute Gasteiger partial charge is 0.177 e. The van der Waals surface area contributed by atoms with E-state index in [9.17, 15) is 4.39 Å². The molecule has 3 unspecified atom stereocenters. The van der Waals surface area contributed by atoms with E-state index in [1.54, 1.807) is 0 Å². The summed E-state index contributed by atoms with van der Waals surface area (Å²) in [5.74, 6) is 5.89. The van der Waals surface area contributed by atoms with Gasteiger partial charge in [0.2, 0.25) is 0 Å². The Morgan fingerprint density at radius 2 is 2.22 bits per heavy atom. The second-order valence-electron chi connectivity index (χ2n) is 3.99. The van der Waals surface area contributed by atoms with Crippen LogP contribution in [0.1, 0.15) is 6.42 Å². The number of nitrogens with zero attached hydrogens (tertiary/aromatic N) is 3. The minimum absolute atomic E-state index is 0.0579. The van der Waals surface area contributed by atoms with E-state index in [2.05, 4.69) is 9.97 Å². The highest BCUT2D eigenvalue weighted by molar-refractivity contribution is 5.72. The number of halogens is 1. The van der Waals surface area contributed by atoms with E-state index in [1.165, 1.54) is 6.33 Å². The second-order valence-corrected chi connectivity index (χ2v) is 3.99. The molecule has 0 bridgehead atoms. The van der Waals surface area contributed by atoms with Gasteiger partial charge in [-0.3, -0.25) is 5.01 Å². The van der Waals surface area contributed by atoms with Crippen molar-refractivity contribution in [2.45, 2.75) is 24.9 Å². The molecule has 0 amide bonds. The number of nitrogen functional groups attached to an aromatic ring is 2. The topological polar surface area (TPSA) is 137 Å². The molecule has 2 rings (SSSR count). The third kappa shape index (κ3) is 2.15. The van der Waals surface area contributed by atoms with Crippen LogP contribution in [0, 0.1) is 0 Å². The number of aliphatic hydroxyl groups excluding tert-OH is 1. The van der Waals surface area contributed by atoms with Crippen molar-refractivity contribution in [3.8, 4) is 0 Å². The summed E-state index contributed by atoms with van der Waals surface area (Å²) in [6.45, 7) is -0.272. The number of anilines is 3. The molecule has 1 aliphatic heterocycles. The number of aromatic nitrogens is 2. The molecule has 0 saturated carbocycles. The summed E-state index contributed by atoms with van der Waals surface area (Å²) in [7, 11) is 0. The zero-order valence-corrected chi connectivity index (χ0v) is 9.53. The van der Waals surface area contributed by atoms with Gasteiger partial charge in [0.1, 0.15) is 18.2 Å². The summed E-state index contributed by atoms with van der Waals surface area (Å²) in [6.07, 6.45) is -1.75. The van der Waals surface area contributed by atoms with Gasteiger partial charge in [-0.2, -0.15) is 0 Å². The Hall–Kier alpha value is -1.71. The Bertz CT molecular complexity index is 434. The van der Waals surface area contributed by atoms with Crippen molar-refractivity contribution in [2.24, 2.45) is 5.84 Å². The van der Waals surface area contributed by atoms with Crippen molar-refractivity contribution in [3.63, 3.8) is 0 Å². The molecule has 3 atom stereocenters. The Morgan fingerprint density at radius 3 is 2.83 bits per heavy atom. The van der Waals surface area contributed by atoms with Crippen molar-refractivity contribution in [3.05, 3.63) is 6.33 Å². The summed E-state index contributed by atoms with van der Waals surface area (Å²) in [4.78, 5) is 7.53. The molecule has 0 radical (unpaired) electrons. The zero-order valence-electron chi connectivity index (χ0n) is 9.53. The first-order chi connectivity index (χ1) is 8.54. The SMILES string of the molecule is Nc1ncnc(N(N)C2OC(CO)CC2F)c1N. The molecule has 9 heteroatoms. The molecule has 0 aromatic carbocycles. The lowest BCUT2D eigenvalue weighted by Gasteiger charge is -2.26. The summed E-state index contributed by atoms with van der Waals surface area (Å²) in [6, 6.07) is 0. The molecular weight excluding hydrogens is 243 g/mol. The molecule has 1 aromatic rings. The van der Waals surface area contributed by atoms with Gasteiger partial charge in [0, 0.05) is 6.42 Å². The van der Waals surface area contributed by atoms with Crippen LogP contribution < -0.4 is 22.3 Å². The molecule has 7 N–H and O–H groups in total. The fourth-order valence-corrected chi connectivity index (χ4v) is 1.79. The van der Waals surface area contributed by atoms with E-state index >= 15 is 0 Å². The first-order valence-electron chi connectivity index (χ1n) is 5.34. The van der Waals surface area contributed by atoms with Gasteiger partial charge in [0.25, 0.3) is 0 Å². The normalized spacial score (nSPS) is 27.4. The lowest BCUT2D eigenvalue weighted by molar-refractivity contribution is 0.000215. The second kappa shape index (κ2) is 4.88. The number of hydrogen-bond donors (Lipinski definition) is 4. The van der Waals surface area contributed by atoms with E-state index in [1.807, 2.05) is 0 Å². The largest absolute Gasteiger partial charge is 0.394 e. The molecule has 1 aliphatic rings. The van der Waals surface area contributed by atoms with Crippen molar-refractivity contribution >= 4 is 17.3 Å². The quantitative estimate of drug-likeness (QED) is 0.390. The molecule has 1 aromatic heterocycles. The lowest BCUT2D eigenvalue weighted by Crippen LogP contribution is -2.46. The minimum atomic E-state index is -1.34. The van der Waals surface area contributed by atoms with Crippen LogP contribution >= 0.6 is 0 Å². The summed E-state index contributed by atoms with van der Waals surface area (Å²) < 4.78 is 19.0. The summed E-state index contributed by atoms with van der Waals surface area (Å²) in [5.41, 5.74) is 11.2. The fraction of sp³-hybridized carbons (Fsp3) is 0.556. The maximum absolute atomic E-state index is 13.7. The molecule has 2 heterocycles. The molecule has 100 valence electrons. The predicted octanol–water partition coefficient (Wildman–Crippen LogP) is -1.23. The number of hydrazine groups is 1. The Morgan fingerprint density at radius 1 is 1.50 bits per heavy atom. The van der Waals surface area contributed by atoms with Gasteiger partial charge < -0.3 is 21.3 Å². The highest BCUT2D eigenvalue weighted by Crippen LogP contribution is 2.30. The van der Waals surface area contributed by atoms with Crippen LogP contribution in [0.25, 0.3) is 0 Å². The maximum Gasteiger partial charge on any atom is 0.177 e. The van der Waals surface area contributed by atoms with E-state index in [0.717, 1.165) is 5.01 Å². The molecule has 0 spiro atoms. The zero-order chi connectivity index (χ0) is 13.3. The van der Waals surface area contributed by atoms with Crippen LogP contribution in [-0.4, -0.2) is 40.2 Å². The number of nitrogens with two attached hydrogens (primary N) is 3. The predicted molar refractivity (Wildman–Crippen MR) is 62.8 cm³/mol. The highest BCUT2D eigenvalue weighted by Gasteiger charge is 2.39. The first-order valence-corrected chi connectivity index (χ1v) is 5.34. The number of hydrogen-bond acceptors (Lipinski definition) is 8. The minimum Gasteiger partial charge on any atom is -0.394 e. The van der Waals surface area contributed by atoms with Crippen LogP contribution in [0.3, 0.4) is 0 Å². The monoisotopic (exact) mass is 258 g/mol. The van der Waals surface area contributed by atoms with Crippen LogP contribution in [0.2, 0.25) is 0 Å². The van der Waals surface area contributed by atoms with E-state index < -0.39 is 18.5 Å². The molecule has 8 nitrogen and oxygen atoms in total. The summed E-state index contributed by atoms with van der Waals surface area (Å²) >= 11 is 0. The van der Waals surface area contributed by atoms with Crippen molar-refractivity contribution in [1.29, 1.82) is 0 Å². The van der Waals surface area contributed by atoms with Gasteiger partial charge in [-0.1, -0.05) is 0 Å². The van der Waals surface area contributed by atoms with Gasteiger partial charge in [0.15, 0.2) is 17.9 Å². The van der Waals surface area contributed by atoms with E-state index in [-0.39, 0.29) is 30.4 Å². The highest BCUT2D eigenvalue weighted by atomic mass is 19.1. The first kappa shape index (κ1) is 12.7. The fourth-order valence-electron chi connectivity index (χ4n) is 1.79. The molecule has 18 heavy (non-hydrogen) atoms. The number of rotatable bonds is 3. The van der Waals surface area contributed by atoms with Gasteiger partial charge in [-0.25, -0.2) is 20.2 Å². The van der Waals surface area contributed by atoms with Gasteiger partial charge in [-0.15, -0.1) is 0 Å². The number of alkyl halides is 1. The Kier molecular flexibility index (Phi) is 3.45. The van der Waals surface area contributed by atoms with Gasteiger partial charge in [0.05, 0.1) is 12.7 Å². The van der Waals surface area contributed by atoms with Crippen LogP contribution in [0.5, 0.6) is 0 Å². The Labute approximate surface area is 103 Å². The van der Waals surface area contributed by atoms with Crippen LogP contribution in [0.15, 0.2) is 6.33 Å². The van der Waals surface area contributed by atoms with Crippen LogP contribution in [0.4, 0.5) is 21.7 Å². The number of aliphatic hydroxyl groups is 1. The standard InChI is InChI=1S/C9H15FN6O2/c10-5-1-4(2-17)18-9(5)16(13)8-6(11)7(12)14-3-15-8/h3-5,9,17H,1-2,11,13H2,(H2,12,14,15). The average molecular weight is 258 g/mol. The van der Waals surface area contributed by atoms with E-state index in [0.29, 0.717) is 0 Å².